The molecule has 1 aromatic carbocycles. The lowest BCUT2D eigenvalue weighted by Crippen LogP contribution is -2.30. The molecular weight excluding hydrogens is 309 g/mol. The molecule has 2 aromatic rings. The molecule has 0 bridgehead atoms. The van der Waals surface area contributed by atoms with E-state index in [0.717, 1.165) is 5.56 Å². The molecule has 6 heteroatoms. The largest absolute Gasteiger partial charge is 0.399 e. The van der Waals surface area contributed by atoms with Gasteiger partial charge >= 0.3 is 0 Å². The highest BCUT2D eigenvalue weighted by atomic mass is 35.5. The van der Waals surface area contributed by atoms with Crippen molar-refractivity contribution in [3.05, 3.63) is 57.8 Å². The number of aromatic nitrogens is 1. The number of hydrogen-bond donors (Lipinski definition) is 1. The second-order valence-corrected chi connectivity index (χ2v) is 5.52. The summed E-state index contributed by atoms with van der Waals surface area (Å²) < 4.78 is 0. The summed E-state index contributed by atoms with van der Waals surface area (Å²) >= 11 is 12.1. The van der Waals surface area contributed by atoms with Crippen molar-refractivity contribution in [1.29, 1.82) is 0 Å². The fourth-order valence-corrected chi connectivity index (χ4v) is 2.41. The number of rotatable bonds is 3. The highest BCUT2D eigenvalue weighted by molar-refractivity contribution is 6.44. The van der Waals surface area contributed by atoms with Crippen LogP contribution in [0.3, 0.4) is 0 Å². The van der Waals surface area contributed by atoms with Crippen LogP contribution in [0.2, 0.25) is 10.0 Å². The Labute approximate surface area is 133 Å². The van der Waals surface area contributed by atoms with Crippen molar-refractivity contribution in [3.8, 4) is 0 Å². The van der Waals surface area contributed by atoms with Gasteiger partial charge in [-0.05, 0) is 36.8 Å². The van der Waals surface area contributed by atoms with E-state index in [4.69, 9.17) is 28.9 Å². The van der Waals surface area contributed by atoms with Crippen LogP contribution in [-0.2, 0) is 0 Å². The van der Waals surface area contributed by atoms with Gasteiger partial charge in [-0.15, -0.1) is 0 Å². The van der Waals surface area contributed by atoms with Crippen LogP contribution < -0.4 is 5.73 Å². The third kappa shape index (κ3) is 3.28. The molecule has 1 unspecified atom stereocenters. The maximum absolute atomic E-state index is 12.6. The normalized spacial score (nSPS) is 12.0. The van der Waals surface area contributed by atoms with Gasteiger partial charge < -0.3 is 10.6 Å². The van der Waals surface area contributed by atoms with E-state index >= 15 is 0 Å². The van der Waals surface area contributed by atoms with Gasteiger partial charge in [-0.3, -0.25) is 9.78 Å². The van der Waals surface area contributed by atoms with Crippen molar-refractivity contribution in [2.45, 2.75) is 13.0 Å². The lowest BCUT2D eigenvalue weighted by Gasteiger charge is -2.26. The van der Waals surface area contributed by atoms with Crippen molar-refractivity contribution in [1.82, 2.24) is 9.88 Å². The highest BCUT2D eigenvalue weighted by Gasteiger charge is 2.22. The number of nitrogen functional groups attached to an aromatic ring is 1. The summed E-state index contributed by atoms with van der Waals surface area (Å²) in [6, 6.07) is 6.65. The first-order valence-corrected chi connectivity index (χ1v) is 7.09. The topological polar surface area (TPSA) is 59.2 Å². The Kier molecular flexibility index (Phi) is 4.70. The van der Waals surface area contributed by atoms with E-state index in [1.54, 1.807) is 24.3 Å². The van der Waals surface area contributed by atoms with Crippen molar-refractivity contribution in [2.24, 2.45) is 0 Å². The molecule has 1 amide bonds. The monoisotopic (exact) mass is 323 g/mol. The Morgan fingerprint density at radius 3 is 2.52 bits per heavy atom. The second-order valence-electron chi connectivity index (χ2n) is 4.74. The predicted molar refractivity (Wildman–Crippen MR) is 85.6 cm³/mol. The van der Waals surface area contributed by atoms with E-state index in [2.05, 4.69) is 4.98 Å². The summed E-state index contributed by atoms with van der Waals surface area (Å²) in [4.78, 5) is 18.2. The van der Waals surface area contributed by atoms with Gasteiger partial charge in [0.15, 0.2) is 0 Å². The Morgan fingerprint density at radius 1 is 1.29 bits per heavy atom. The molecular formula is C15H15Cl2N3O. The summed E-state index contributed by atoms with van der Waals surface area (Å²) in [5.41, 5.74) is 7.41. The molecule has 21 heavy (non-hydrogen) atoms. The number of amides is 1. The number of carbonyl (C=O) groups is 1. The van der Waals surface area contributed by atoms with Gasteiger partial charge in [-0.25, -0.2) is 0 Å². The fraction of sp³-hybridized carbons (Fsp3) is 0.200. The molecule has 4 nitrogen and oxygen atoms in total. The summed E-state index contributed by atoms with van der Waals surface area (Å²) in [6.45, 7) is 1.93. The van der Waals surface area contributed by atoms with Crippen LogP contribution in [0.15, 0.2) is 36.7 Å². The molecule has 1 aromatic heterocycles. The van der Waals surface area contributed by atoms with Crippen LogP contribution in [-0.4, -0.2) is 22.8 Å². The van der Waals surface area contributed by atoms with Gasteiger partial charge in [0.05, 0.1) is 21.7 Å². The first-order valence-electron chi connectivity index (χ1n) is 6.33. The van der Waals surface area contributed by atoms with E-state index in [-0.39, 0.29) is 22.0 Å². The number of carbonyl (C=O) groups excluding carboxylic acids is 1. The van der Waals surface area contributed by atoms with Gasteiger partial charge in [0.1, 0.15) is 0 Å². The summed E-state index contributed by atoms with van der Waals surface area (Å²) in [5.74, 6) is -0.237. The van der Waals surface area contributed by atoms with Crippen LogP contribution in [0.1, 0.15) is 28.9 Å². The molecule has 0 saturated carbocycles. The number of benzene rings is 1. The zero-order valence-electron chi connectivity index (χ0n) is 11.7. The Morgan fingerprint density at radius 2 is 1.90 bits per heavy atom. The Balaban J connectivity index is 2.32. The van der Waals surface area contributed by atoms with Gasteiger partial charge in [0.25, 0.3) is 5.91 Å². The second kappa shape index (κ2) is 6.33. The van der Waals surface area contributed by atoms with Crippen LogP contribution in [0.4, 0.5) is 5.69 Å². The van der Waals surface area contributed by atoms with Gasteiger partial charge in [0.2, 0.25) is 0 Å². The van der Waals surface area contributed by atoms with E-state index in [1.165, 1.54) is 12.1 Å². The highest BCUT2D eigenvalue weighted by Crippen LogP contribution is 2.31. The number of hydrogen-bond acceptors (Lipinski definition) is 3. The summed E-state index contributed by atoms with van der Waals surface area (Å²) in [7, 11) is 1.71. The predicted octanol–water partition coefficient (Wildman–Crippen LogP) is 3.80. The van der Waals surface area contributed by atoms with Crippen LogP contribution >= 0.6 is 23.2 Å². The first kappa shape index (κ1) is 15.6. The molecule has 2 rings (SSSR count). The van der Waals surface area contributed by atoms with Crippen molar-refractivity contribution >= 4 is 34.8 Å². The van der Waals surface area contributed by atoms with Crippen molar-refractivity contribution in [2.75, 3.05) is 12.8 Å². The third-order valence-electron chi connectivity index (χ3n) is 3.37. The molecule has 0 aliphatic rings. The summed E-state index contributed by atoms with van der Waals surface area (Å²) in [5, 5.41) is 0.481. The van der Waals surface area contributed by atoms with Crippen LogP contribution in [0.5, 0.6) is 0 Å². The van der Waals surface area contributed by atoms with Gasteiger partial charge in [-0.2, -0.15) is 0 Å². The molecule has 1 atom stereocenters. The SMILES string of the molecule is CC(c1ccncc1)N(C)C(=O)c1cc(N)cc(Cl)c1Cl. The van der Waals surface area contributed by atoms with Crippen LogP contribution in [0, 0.1) is 0 Å². The first-order chi connectivity index (χ1) is 9.91. The maximum atomic E-state index is 12.6. The third-order valence-corrected chi connectivity index (χ3v) is 4.17. The molecule has 0 radical (unpaired) electrons. The minimum Gasteiger partial charge on any atom is -0.399 e. The van der Waals surface area contributed by atoms with Gasteiger partial charge in [-0.1, -0.05) is 23.2 Å². The Bertz CT molecular complexity index is 661. The quantitative estimate of drug-likeness (QED) is 0.874. The molecule has 0 aliphatic heterocycles. The average molecular weight is 324 g/mol. The standard InChI is InChI=1S/C15H15Cl2N3O/c1-9(10-3-5-19-6-4-10)20(2)15(21)12-7-11(18)8-13(16)14(12)17/h3-9H,18H2,1-2H3. The molecule has 2 N–H and O–H groups in total. The van der Waals surface area contributed by atoms with Crippen LogP contribution in [0.25, 0.3) is 0 Å². The van der Waals surface area contributed by atoms with Crippen molar-refractivity contribution < 1.29 is 4.79 Å². The fourth-order valence-electron chi connectivity index (χ4n) is 2.00. The molecule has 110 valence electrons. The number of nitrogens with two attached hydrogens (primary N) is 1. The van der Waals surface area contributed by atoms with Gasteiger partial charge in [0, 0.05) is 25.1 Å². The lowest BCUT2D eigenvalue weighted by molar-refractivity contribution is 0.0743. The average Bonchev–Trinajstić information content (AvgIpc) is 2.49. The maximum Gasteiger partial charge on any atom is 0.255 e. The number of pyridine rings is 1. The van der Waals surface area contributed by atoms with E-state index in [9.17, 15) is 4.79 Å². The van der Waals surface area contributed by atoms with Crippen molar-refractivity contribution in [3.63, 3.8) is 0 Å². The smallest absolute Gasteiger partial charge is 0.255 e. The van der Waals surface area contributed by atoms with E-state index < -0.39 is 0 Å². The zero-order chi connectivity index (χ0) is 15.6. The minimum atomic E-state index is -0.237. The molecule has 0 spiro atoms. The molecule has 0 fully saturated rings. The molecule has 1 heterocycles. The van der Waals surface area contributed by atoms with E-state index in [1.807, 2.05) is 19.1 Å². The molecule has 0 saturated heterocycles. The Hall–Kier alpha value is -1.78. The number of halogens is 2. The number of nitrogens with zero attached hydrogens (tertiary/aromatic N) is 2. The molecule has 0 aliphatic carbocycles. The van der Waals surface area contributed by atoms with E-state index in [0.29, 0.717) is 11.3 Å². The zero-order valence-corrected chi connectivity index (χ0v) is 13.2. The summed E-state index contributed by atoms with van der Waals surface area (Å²) in [6.07, 6.45) is 3.38. The lowest BCUT2D eigenvalue weighted by atomic mass is 10.1. The number of anilines is 1. The minimum absolute atomic E-state index is 0.128.